The molecule has 0 bridgehead atoms. The van der Waals surface area contributed by atoms with E-state index in [0.29, 0.717) is 19.5 Å². The summed E-state index contributed by atoms with van der Waals surface area (Å²) in [6.07, 6.45) is 5.13. The van der Waals surface area contributed by atoms with Gasteiger partial charge in [0.15, 0.2) is 0 Å². The van der Waals surface area contributed by atoms with E-state index in [0.717, 1.165) is 24.2 Å². The summed E-state index contributed by atoms with van der Waals surface area (Å²) >= 11 is 0. The van der Waals surface area contributed by atoms with Gasteiger partial charge in [0.05, 0.1) is 12.2 Å². The number of nitrogens with zero attached hydrogens (tertiary/aromatic N) is 2. The molecule has 2 aliphatic heterocycles. The molecule has 128 valence electrons. The summed E-state index contributed by atoms with van der Waals surface area (Å²) in [7, 11) is 0. The number of ether oxygens (including phenoxy) is 1. The van der Waals surface area contributed by atoms with Crippen LogP contribution in [-0.4, -0.2) is 48.6 Å². The minimum Gasteiger partial charge on any atom is -0.372 e. The van der Waals surface area contributed by atoms with Crippen LogP contribution in [-0.2, 0) is 14.3 Å². The Labute approximate surface area is 142 Å². The first kappa shape index (κ1) is 16.7. The van der Waals surface area contributed by atoms with Crippen LogP contribution in [0, 0.1) is 0 Å². The van der Waals surface area contributed by atoms with Crippen LogP contribution in [0.15, 0.2) is 30.3 Å². The van der Waals surface area contributed by atoms with E-state index in [1.807, 2.05) is 54.0 Å². The largest absolute Gasteiger partial charge is 0.372 e. The number of hydrogen-bond acceptors (Lipinski definition) is 3. The molecule has 5 heteroatoms. The Morgan fingerprint density at radius 3 is 2.42 bits per heavy atom. The lowest BCUT2D eigenvalue weighted by Crippen LogP contribution is -2.47. The van der Waals surface area contributed by atoms with Crippen LogP contribution < -0.4 is 4.90 Å². The molecule has 1 aromatic rings. The topological polar surface area (TPSA) is 49.9 Å². The number of carbonyl (C=O) groups excluding carboxylic acids is 2. The summed E-state index contributed by atoms with van der Waals surface area (Å²) in [5.41, 5.74) is 1.88. The molecule has 0 aliphatic carbocycles. The van der Waals surface area contributed by atoms with Crippen molar-refractivity contribution in [3.8, 4) is 0 Å². The molecule has 1 aromatic carbocycles. The van der Waals surface area contributed by atoms with Crippen molar-refractivity contribution in [2.75, 3.05) is 24.5 Å². The monoisotopic (exact) mass is 328 g/mol. The summed E-state index contributed by atoms with van der Waals surface area (Å²) in [5, 5.41) is 0. The van der Waals surface area contributed by atoms with Gasteiger partial charge >= 0.3 is 0 Å². The number of amides is 2. The Bertz CT molecular complexity index is 629. The minimum absolute atomic E-state index is 0.01000. The molecule has 3 rings (SSSR count). The maximum atomic E-state index is 12.3. The third-order valence-corrected chi connectivity index (χ3v) is 4.43. The molecule has 0 N–H and O–H groups in total. The second-order valence-electron chi connectivity index (χ2n) is 6.57. The van der Waals surface area contributed by atoms with Crippen LogP contribution in [0.25, 0.3) is 6.08 Å². The first-order chi connectivity index (χ1) is 11.5. The van der Waals surface area contributed by atoms with Crippen LogP contribution in [0.5, 0.6) is 0 Å². The lowest BCUT2D eigenvalue weighted by atomic mass is 10.1. The highest BCUT2D eigenvalue weighted by Crippen LogP contribution is 2.22. The van der Waals surface area contributed by atoms with Crippen molar-refractivity contribution in [1.82, 2.24) is 4.90 Å². The Balaban J connectivity index is 1.62. The van der Waals surface area contributed by atoms with Crippen molar-refractivity contribution < 1.29 is 14.3 Å². The zero-order valence-electron chi connectivity index (χ0n) is 14.3. The summed E-state index contributed by atoms with van der Waals surface area (Å²) in [5.74, 6) is 0.194. The molecule has 2 fully saturated rings. The van der Waals surface area contributed by atoms with E-state index < -0.39 is 0 Å². The summed E-state index contributed by atoms with van der Waals surface area (Å²) in [4.78, 5) is 27.7. The number of carbonyl (C=O) groups is 2. The van der Waals surface area contributed by atoms with Crippen LogP contribution in [0.3, 0.4) is 0 Å². The van der Waals surface area contributed by atoms with E-state index in [1.54, 1.807) is 6.08 Å². The van der Waals surface area contributed by atoms with Gasteiger partial charge in [-0.2, -0.15) is 0 Å². The third kappa shape index (κ3) is 3.85. The lowest BCUT2D eigenvalue weighted by Gasteiger charge is -2.34. The molecular formula is C19H24N2O3. The average molecular weight is 328 g/mol. The van der Waals surface area contributed by atoms with Crippen LogP contribution in [0.1, 0.15) is 32.3 Å². The lowest BCUT2D eigenvalue weighted by molar-refractivity contribution is -0.137. The zero-order chi connectivity index (χ0) is 17.1. The van der Waals surface area contributed by atoms with Crippen molar-refractivity contribution in [3.63, 3.8) is 0 Å². The second kappa shape index (κ2) is 7.18. The van der Waals surface area contributed by atoms with E-state index in [4.69, 9.17) is 4.74 Å². The smallest absolute Gasteiger partial charge is 0.246 e. The van der Waals surface area contributed by atoms with Crippen LogP contribution in [0.2, 0.25) is 0 Å². The maximum absolute atomic E-state index is 12.3. The van der Waals surface area contributed by atoms with Gasteiger partial charge in [0, 0.05) is 37.8 Å². The Kier molecular flexibility index (Phi) is 5.00. The zero-order valence-corrected chi connectivity index (χ0v) is 14.3. The number of rotatable bonds is 3. The molecule has 0 saturated carbocycles. The van der Waals surface area contributed by atoms with Crippen molar-refractivity contribution >= 4 is 23.6 Å². The van der Waals surface area contributed by atoms with E-state index in [-0.39, 0.29) is 24.0 Å². The van der Waals surface area contributed by atoms with Crippen molar-refractivity contribution in [2.45, 2.75) is 38.9 Å². The molecule has 0 radical (unpaired) electrons. The fourth-order valence-corrected chi connectivity index (χ4v) is 3.32. The highest BCUT2D eigenvalue weighted by Gasteiger charge is 2.24. The molecule has 2 unspecified atom stereocenters. The maximum Gasteiger partial charge on any atom is 0.246 e. The standard InChI is InChI=1S/C19H24N2O3/c1-14-12-20(13-15(2)24-14)18(22)10-7-16-5-8-17(9-6-16)21-11-3-4-19(21)23/h5-10,14-15H,3-4,11-13H2,1-2H3/b10-7+. The molecule has 2 atom stereocenters. The van der Waals surface area contributed by atoms with Gasteiger partial charge in [-0.1, -0.05) is 12.1 Å². The first-order valence-corrected chi connectivity index (χ1v) is 8.56. The molecule has 2 aliphatic rings. The fraction of sp³-hybridized carbons (Fsp3) is 0.474. The van der Waals surface area contributed by atoms with E-state index >= 15 is 0 Å². The van der Waals surface area contributed by atoms with Crippen molar-refractivity contribution in [3.05, 3.63) is 35.9 Å². The van der Waals surface area contributed by atoms with E-state index in [2.05, 4.69) is 0 Å². The molecule has 2 heterocycles. The Morgan fingerprint density at radius 2 is 1.83 bits per heavy atom. The Hall–Kier alpha value is -2.14. The molecule has 0 spiro atoms. The number of anilines is 1. The fourth-order valence-electron chi connectivity index (χ4n) is 3.32. The molecule has 2 amide bonds. The van der Waals surface area contributed by atoms with Gasteiger partial charge in [0.25, 0.3) is 0 Å². The second-order valence-corrected chi connectivity index (χ2v) is 6.57. The highest BCUT2D eigenvalue weighted by atomic mass is 16.5. The Morgan fingerprint density at radius 1 is 1.17 bits per heavy atom. The van der Waals surface area contributed by atoms with E-state index in [1.165, 1.54) is 0 Å². The SMILES string of the molecule is CC1CN(C(=O)/C=C/c2ccc(N3CCCC3=O)cc2)CC(C)O1. The predicted octanol–water partition coefficient (Wildman–Crippen LogP) is 2.46. The van der Waals surface area contributed by atoms with Gasteiger partial charge in [-0.15, -0.1) is 0 Å². The number of morpholine rings is 1. The summed E-state index contributed by atoms with van der Waals surface area (Å²) in [6.45, 7) is 6.02. The van der Waals surface area contributed by atoms with Gasteiger partial charge in [0.1, 0.15) is 0 Å². The van der Waals surface area contributed by atoms with Crippen LogP contribution in [0.4, 0.5) is 5.69 Å². The van der Waals surface area contributed by atoms with E-state index in [9.17, 15) is 9.59 Å². The minimum atomic E-state index is 0.01000. The van der Waals surface area contributed by atoms with Gasteiger partial charge in [-0.05, 0) is 44.0 Å². The quantitative estimate of drug-likeness (QED) is 0.801. The molecule has 24 heavy (non-hydrogen) atoms. The third-order valence-electron chi connectivity index (χ3n) is 4.43. The highest BCUT2D eigenvalue weighted by molar-refractivity contribution is 5.95. The van der Waals surface area contributed by atoms with Gasteiger partial charge < -0.3 is 14.5 Å². The molecule has 0 aromatic heterocycles. The molecule has 2 saturated heterocycles. The van der Waals surface area contributed by atoms with Gasteiger partial charge in [-0.3, -0.25) is 9.59 Å². The molecule has 5 nitrogen and oxygen atoms in total. The molecular weight excluding hydrogens is 304 g/mol. The predicted molar refractivity (Wildman–Crippen MR) is 93.7 cm³/mol. The number of hydrogen-bond donors (Lipinski definition) is 0. The first-order valence-electron chi connectivity index (χ1n) is 8.56. The summed E-state index contributed by atoms with van der Waals surface area (Å²) < 4.78 is 5.65. The van der Waals surface area contributed by atoms with Crippen molar-refractivity contribution in [1.29, 1.82) is 0 Å². The average Bonchev–Trinajstić information content (AvgIpc) is 2.98. The van der Waals surface area contributed by atoms with Gasteiger partial charge in [0.2, 0.25) is 11.8 Å². The van der Waals surface area contributed by atoms with Crippen LogP contribution >= 0.6 is 0 Å². The van der Waals surface area contributed by atoms with Crippen molar-refractivity contribution in [2.24, 2.45) is 0 Å². The van der Waals surface area contributed by atoms with Gasteiger partial charge in [-0.25, -0.2) is 0 Å². The summed E-state index contributed by atoms with van der Waals surface area (Å²) in [6, 6.07) is 7.75. The number of benzene rings is 1. The normalized spacial score (nSPS) is 24.8.